The number of carbonyl (C=O) groups is 1. The number of hydrogen-bond acceptors (Lipinski definition) is 1. The van der Waals surface area contributed by atoms with Crippen LogP contribution in [0.5, 0.6) is 0 Å². The largest absolute Gasteiger partial charge is 0.332 e. The maximum absolute atomic E-state index is 12.6. The van der Waals surface area contributed by atoms with Crippen LogP contribution in [0.25, 0.3) is 6.08 Å². The van der Waals surface area contributed by atoms with Crippen molar-refractivity contribution >= 4 is 12.0 Å². The van der Waals surface area contributed by atoms with Crippen LogP contribution in [0.3, 0.4) is 0 Å². The quantitative estimate of drug-likeness (QED) is 0.798. The molecule has 19 heavy (non-hydrogen) atoms. The first kappa shape index (κ1) is 13.9. The molecule has 1 aromatic carbocycles. The number of benzene rings is 1. The predicted molar refractivity (Wildman–Crippen MR) is 79.6 cm³/mol. The van der Waals surface area contributed by atoms with E-state index in [1.165, 1.54) is 11.1 Å². The van der Waals surface area contributed by atoms with E-state index in [1.807, 2.05) is 17.0 Å². The summed E-state index contributed by atoms with van der Waals surface area (Å²) in [6.45, 7) is 7.06. The fourth-order valence-corrected chi connectivity index (χ4v) is 2.47. The van der Waals surface area contributed by atoms with Gasteiger partial charge in [0.25, 0.3) is 0 Å². The van der Waals surface area contributed by atoms with Gasteiger partial charge in [0.1, 0.15) is 0 Å². The average molecular weight is 257 g/mol. The Morgan fingerprint density at radius 2 is 2.00 bits per heavy atom. The molecule has 1 amide bonds. The number of unbranched alkanes of at least 4 members (excludes halogenated alkanes) is 1. The number of amides is 1. The molecule has 0 unspecified atom stereocenters. The number of hydrogen-bond donors (Lipinski definition) is 0. The van der Waals surface area contributed by atoms with E-state index in [0.29, 0.717) is 0 Å². The van der Waals surface area contributed by atoms with Crippen LogP contribution in [-0.4, -0.2) is 16.8 Å². The molecule has 0 radical (unpaired) electrons. The van der Waals surface area contributed by atoms with Crippen molar-refractivity contribution < 1.29 is 4.79 Å². The summed E-state index contributed by atoms with van der Waals surface area (Å²) in [6, 6.07) is 8.56. The van der Waals surface area contributed by atoms with Gasteiger partial charge in [0.05, 0.1) is 0 Å². The van der Waals surface area contributed by atoms with Crippen LogP contribution in [-0.2, 0) is 11.3 Å². The van der Waals surface area contributed by atoms with Crippen molar-refractivity contribution in [3.05, 3.63) is 41.0 Å². The van der Waals surface area contributed by atoms with Crippen molar-refractivity contribution in [3.8, 4) is 0 Å². The monoisotopic (exact) mass is 257 g/mol. The van der Waals surface area contributed by atoms with Crippen molar-refractivity contribution in [1.82, 2.24) is 4.90 Å². The number of carbonyl (C=O) groups excluding carboxylic acids is 1. The minimum Gasteiger partial charge on any atom is -0.332 e. The molecule has 1 aromatic rings. The minimum atomic E-state index is 0.208. The van der Waals surface area contributed by atoms with E-state index in [2.05, 4.69) is 39.0 Å². The Labute approximate surface area is 116 Å². The highest BCUT2D eigenvalue weighted by atomic mass is 16.2. The molecule has 0 aliphatic carbocycles. The van der Waals surface area contributed by atoms with E-state index >= 15 is 0 Å². The van der Waals surface area contributed by atoms with Crippen LogP contribution < -0.4 is 0 Å². The highest BCUT2D eigenvalue weighted by molar-refractivity contribution is 5.99. The van der Waals surface area contributed by atoms with Gasteiger partial charge in [-0.05, 0) is 43.9 Å². The summed E-state index contributed by atoms with van der Waals surface area (Å²) in [7, 11) is 0. The van der Waals surface area contributed by atoms with Gasteiger partial charge in [0, 0.05) is 18.2 Å². The molecule has 0 atom stereocenters. The Bertz CT molecular complexity index is 488. The van der Waals surface area contributed by atoms with Crippen LogP contribution in [0.1, 0.15) is 51.2 Å². The normalized spacial score (nSPS) is 15.3. The third-order valence-corrected chi connectivity index (χ3v) is 3.68. The molecule has 2 rings (SSSR count). The van der Waals surface area contributed by atoms with Crippen LogP contribution in [0.15, 0.2) is 29.8 Å². The first-order chi connectivity index (χ1) is 9.13. The SMILES string of the molecule is CCCCC1=Cc2ccccc2CN(C(C)C)C1=O. The molecule has 0 N–H and O–H groups in total. The van der Waals surface area contributed by atoms with Crippen molar-refractivity contribution in [2.75, 3.05) is 0 Å². The van der Waals surface area contributed by atoms with Crippen LogP contribution in [0.2, 0.25) is 0 Å². The summed E-state index contributed by atoms with van der Waals surface area (Å²) in [5.41, 5.74) is 3.40. The average Bonchev–Trinajstić information content (AvgIpc) is 2.54. The van der Waals surface area contributed by atoms with Gasteiger partial charge in [-0.25, -0.2) is 0 Å². The Hall–Kier alpha value is -1.57. The summed E-state index contributed by atoms with van der Waals surface area (Å²) in [4.78, 5) is 14.6. The Morgan fingerprint density at radius 3 is 2.68 bits per heavy atom. The number of nitrogens with zero attached hydrogens (tertiary/aromatic N) is 1. The van der Waals surface area contributed by atoms with E-state index in [4.69, 9.17) is 0 Å². The molecule has 1 aliphatic heterocycles. The summed E-state index contributed by atoms with van der Waals surface area (Å²) in [5, 5.41) is 0. The molecule has 2 heteroatoms. The smallest absolute Gasteiger partial charge is 0.250 e. The maximum Gasteiger partial charge on any atom is 0.250 e. The second kappa shape index (κ2) is 6.05. The zero-order valence-corrected chi connectivity index (χ0v) is 12.1. The summed E-state index contributed by atoms with van der Waals surface area (Å²) < 4.78 is 0. The van der Waals surface area contributed by atoms with E-state index in [-0.39, 0.29) is 11.9 Å². The summed E-state index contributed by atoms with van der Waals surface area (Å²) >= 11 is 0. The first-order valence-electron chi connectivity index (χ1n) is 7.23. The lowest BCUT2D eigenvalue weighted by Gasteiger charge is -2.26. The molecule has 1 aliphatic rings. The molecule has 0 fully saturated rings. The van der Waals surface area contributed by atoms with E-state index in [9.17, 15) is 4.79 Å². The fraction of sp³-hybridized carbons (Fsp3) is 0.471. The summed E-state index contributed by atoms with van der Waals surface area (Å²) in [5.74, 6) is 0.208. The predicted octanol–water partition coefficient (Wildman–Crippen LogP) is 4.01. The van der Waals surface area contributed by atoms with Crippen LogP contribution >= 0.6 is 0 Å². The third-order valence-electron chi connectivity index (χ3n) is 3.68. The van der Waals surface area contributed by atoms with E-state index in [1.54, 1.807) is 0 Å². The zero-order chi connectivity index (χ0) is 13.8. The summed E-state index contributed by atoms with van der Waals surface area (Å²) in [6.07, 6.45) is 5.17. The van der Waals surface area contributed by atoms with Crippen molar-refractivity contribution in [2.45, 2.75) is 52.6 Å². The van der Waals surface area contributed by atoms with Crippen molar-refractivity contribution in [1.29, 1.82) is 0 Å². The van der Waals surface area contributed by atoms with Crippen LogP contribution in [0, 0.1) is 0 Å². The lowest BCUT2D eigenvalue weighted by molar-refractivity contribution is -0.129. The second-order valence-electron chi connectivity index (χ2n) is 5.50. The highest BCUT2D eigenvalue weighted by Crippen LogP contribution is 2.25. The highest BCUT2D eigenvalue weighted by Gasteiger charge is 2.24. The van der Waals surface area contributed by atoms with E-state index in [0.717, 1.165) is 31.4 Å². The van der Waals surface area contributed by atoms with Gasteiger partial charge >= 0.3 is 0 Å². The van der Waals surface area contributed by atoms with Crippen LogP contribution in [0.4, 0.5) is 0 Å². The molecule has 1 heterocycles. The first-order valence-corrected chi connectivity index (χ1v) is 7.23. The Balaban J connectivity index is 2.39. The van der Waals surface area contributed by atoms with Gasteiger partial charge in [0.15, 0.2) is 0 Å². The van der Waals surface area contributed by atoms with Crippen molar-refractivity contribution in [3.63, 3.8) is 0 Å². The number of rotatable bonds is 4. The lowest BCUT2D eigenvalue weighted by atomic mass is 10.0. The molecular weight excluding hydrogens is 234 g/mol. The van der Waals surface area contributed by atoms with Gasteiger partial charge in [-0.15, -0.1) is 0 Å². The molecule has 2 nitrogen and oxygen atoms in total. The van der Waals surface area contributed by atoms with Gasteiger partial charge in [0.2, 0.25) is 5.91 Å². The van der Waals surface area contributed by atoms with Gasteiger partial charge in [-0.2, -0.15) is 0 Å². The van der Waals surface area contributed by atoms with Crippen molar-refractivity contribution in [2.24, 2.45) is 0 Å². The molecule has 0 saturated carbocycles. The number of fused-ring (bicyclic) bond motifs is 1. The lowest BCUT2D eigenvalue weighted by Crippen LogP contribution is -2.36. The van der Waals surface area contributed by atoms with E-state index < -0.39 is 0 Å². The second-order valence-corrected chi connectivity index (χ2v) is 5.50. The molecule has 0 spiro atoms. The van der Waals surface area contributed by atoms with Gasteiger partial charge in [-0.1, -0.05) is 37.6 Å². The maximum atomic E-state index is 12.6. The molecule has 0 aromatic heterocycles. The zero-order valence-electron chi connectivity index (χ0n) is 12.1. The Morgan fingerprint density at radius 1 is 1.26 bits per heavy atom. The molecular formula is C17H23NO. The standard InChI is InChI=1S/C17H23NO/c1-4-5-8-15-11-14-9-6-7-10-16(14)12-18(13(2)3)17(15)19/h6-7,9-11,13H,4-5,8,12H2,1-3H3. The van der Waals surface area contributed by atoms with Gasteiger partial charge in [-0.3, -0.25) is 4.79 Å². The molecule has 0 bridgehead atoms. The molecule has 0 saturated heterocycles. The fourth-order valence-electron chi connectivity index (χ4n) is 2.47. The third kappa shape index (κ3) is 3.06. The topological polar surface area (TPSA) is 20.3 Å². The minimum absolute atomic E-state index is 0.208. The Kier molecular flexibility index (Phi) is 4.41. The van der Waals surface area contributed by atoms with Gasteiger partial charge < -0.3 is 4.90 Å². The molecule has 102 valence electrons.